The van der Waals surface area contributed by atoms with E-state index in [1.165, 1.54) is 5.57 Å². The number of allylic oxidation sites excluding steroid dienone is 2. The average molecular weight is 931 g/mol. The van der Waals surface area contributed by atoms with Crippen LogP contribution in [0.3, 0.4) is 0 Å². The van der Waals surface area contributed by atoms with E-state index in [0.717, 1.165) is 25.7 Å². The molecule has 65 heavy (non-hydrogen) atoms. The first-order chi connectivity index (χ1) is 30.4. The summed E-state index contributed by atoms with van der Waals surface area (Å²) in [6, 6.07) is 0. The van der Waals surface area contributed by atoms with Crippen molar-refractivity contribution in [1.82, 2.24) is 0 Å². The Bertz CT molecular complexity index is 1730. The van der Waals surface area contributed by atoms with Crippen LogP contribution in [0.4, 0.5) is 0 Å². The van der Waals surface area contributed by atoms with Crippen molar-refractivity contribution in [1.29, 1.82) is 0 Å². The summed E-state index contributed by atoms with van der Waals surface area (Å²) < 4.78 is 37.2. The third-order valence-corrected chi connectivity index (χ3v) is 19.1. The Labute approximate surface area is 381 Å². The number of hydrogen-bond acceptors (Lipinski definition) is 18. The molecule has 3 heterocycles. The van der Waals surface area contributed by atoms with E-state index >= 15 is 0 Å². The molecule has 18 heteroatoms. The molecular weight excluding hydrogens is 852 g/mol. The molecule has 4 saturated carbocycles. The van der Waals surface area contributed by atoms with Crippen LogP contribution in [-0.2, 0) is 28.4 Å². The van der Waals surface area contributed by atoms with Crippen molar-refractivity contribution in [2.75, 3.05) is 26.4 Å². The fourth-order valence-electron chi connectivity index (χ4n) is 15.0. The lowest BCUT2D eigenvalue weighted by atomic mass is 9.33. The summed E-state index contributed by atoms with van der Waals surface area (Å²) in [5, 5.41) is 130. The van der Waals surface area contributed by atoms with Crippen LogP contribution in [0.15, 0.2) is 11.6 Å². The molecule has 7 fully saturated rings. The Morgan fingerprint density at radius 3 is 1.86 bits per heavy atom. The van der Waals surface area contributed by atoms with Gasteiger partial charge in [0.1, 0.15) is 67.1 Å². The van der Waals surface area contributed by atoms with Crippen molar-refractivity contribution >= 4 is 0 Å². The molecule has 0 aromatic heterocycles. The smallest absolute Gasteiger partial charge is 0.187 e. The van der Waals surface area contributed by atoms with Crippen LogP contribution in [0.25, 0.3) is 0 Å². The Balaban J connectivity index is 1.13. The SMILES string of the molecule is CC1(C)CCC2(C)C(OC3OC(CO)C(O)C(O)C3OC3OCC(O)C(O)C3O)CC3(C)C(=CCC4C5(C)CCC(OC6OC(CO)C(O)C(O)C6O)C(C)(CO)C5C(O)CC43C)C2C1. The van der Waals surface area contributed by atoms with E-state index < -0.39 is 151 Å². The third-order valence-electron chi connectivity index (χ3n) is 19.1. The monoisotopic (exact) mass is 931 g/mol. The molecule has 0 radical (unpaired) electrons. The van der Waals surface area contributed by atoms with Gasteiger partial charge in [-0.15, -0.1) is 0 Å². The van der Waals surface area contributed by atoms with Gasteiger partial charge in [-0.05, 0) is 84.9 Å². The molecule has 25 unspecified atom stereocenters. The van der Waals surface area contributed by atoms with Gasteiger partial charge in [0.25, 0.3) is 0 Å². The molecule has 0 aromatic carbocycles. The van der Waals surface area contributed by atoms with E-state index in [0.29, 0.717) is 25.7 Å². The molecule has 8 aliphatic rings. The van der Waals surface area contributed by atoms with Crippen LogP contribution in [0.5, 0.6) is 0 Å². The second kappa shape index (κ2) is 17.7. The number of hydrogen-bond donors (Lipinski definition) is 12. The molecule has 3 aliphatic heterocycles. The Kier molecular flexibility index (Phi) is 13.7. The van der Waals surface area contributed by atoms with Gasteiger partial charge in [-0.1, -0.05) is 60.1 Å². The zero-order valence-corrected chi connectivity index (χ0v) is 38.9. The minimum atomic E-state index is -1.70. The molecule has 0 aromatic rings. The average Bonchev–Trinajstić information content (AvgIpc) is 3.25. The first-order valence-corrected chi connectivity index (χ1v) is 23.9. The van der Waals surface area contributed by atoms with E-state index in [1.807, 2.05) is 6.92 Å². The highest BCUT2D eigenvalue weighted by Gasteiger charge is 2.72. The minimum Gasteiger partial charge on any atom is -0.396 e. The molecule has 0 amide bonds. The van der Waals surface area contributed by atoms with Crippen LogP contribution < -0.4 is 0 Å². The molecule has 0 bridgehead atoms. The lowest BCUT2D eigenvalue weighted by Crippen LogP contribution is -2.71. The van der Waals surface area contributed by atoms with Crippen molar-refractivity contribution in [2.24, 2.45) is 50.2 Å². The quantitative estimate of drug-likeness (QED) is 0.0995. The predicted octanol–water partition coefficient (Wildman–Crippen LogP) is -0.805. The summed E-state index contributed by atoms with van der Waals surface area (Å²) >= 11 is 0. The van der Waals surface area contributed by atoms with E-state index in [2.05, 4.69) is 47.6 Å². The number of fused-ring (bicyclic) bond motifs is 7. The lowest BCUT2D eigenvalue weighted by molar-refractivity contribution is -0.371. The molecular formula is C47H78O18. The number of aliphatic hydroxyl groups excluding tert-OH is 12. The number of rotatable bonds is 9. The molecule has 25 atom stereocenters. The van der Waals surface area contributed by atoms with Crippen molar-refractivity contribution in [3.05, 3.63) is 11.6 Å². The first kappa shape index (κ1) is 50.4. The van der Waals surface area contributed by atoms with Crippen molar-refractivity contribution in [3.8, 4) is 0 Å². The van der Waals surface area contributed by atoms with Crippen LogP contribution in [-0.4, -0.2) is 192 Å². The summed E-state index contributed by atoms with van der Waals surface area (Å²) in [5.74, 6) is -0.473. The number of aliphatic hydroxyl groups is 12. The van der Waals surface area contributed by atoms with E-state index in [-0.39, 0.29) is 30.5 Å². The zero-order chi connectivity index (χ0) is 47.6. The van der Waals surface area contributed by atoms with Gasteiger partial charge in [0, 0.05) is 16.7 Å². The van der Waals surface area contributed by atoms with Gasteiger partial charge >= 0.3 is 0 Å². The summed E-state index contributed by atoms with van der Waals surface area (Å²) in [5.41, 5.74) is -1.90. The maximum Gasteiger partial charge on any atom is 0.187 e. The van der Waals surface area contributed by atoms with Gasteiger partial charge in [-0.25, -0.2) is 0 Å². The second-order valence-electron chi connectivity index (χ2n) is 23.3. The van der Waals surface area contributed by atoms with Gasteiger partial charge < -0.3 is 89.7 Å². The maximum absolute atomic E-state index is 12.7. The highest BCUT2D eigenvalue weighted by Crippen LogP contribution is 2.76. The summed E-state index contributed by atoms with van der Waals surface area (Å²) in [4.78, 5) is 0. The van der Waals surface area contributed by atoms with E-state index in [1.54, 1.807) is 0 Å². The molecule has 8 rings (SSSR count). The summed E-state index contributed by atoms with van der Waals surface area (Å²) in [6.45, 7) is 13.4. The third kappa shape index (κ3) is 7.84. The predicted molar refractivity (Wildman–Crippen MR) is 227 cm³/mol. The van der Waals surface area contributed by atoms with Gasteiger partial charge in [0.2, 0.25) is 0 Å². The normalized spacial score (nSPS) is 56.7. The molecule has 374 valence electrons. The Hall–Kier alpha value is -0.980. The molecule has 0 spiro atoms. The van der Waals surface area contributed by atoms with Gasteiger partial charge in [-0.2, -0.15) is 0 Å². The van der Waals surface area contributed by atoms with Gasteiger partial charge in [0.15, 0.2) is 18.9 Å². The largest absolute Gasteiger partial charge is 0.396 e. The number of ether oxygens (including phenoxy) is 6. The fourth-order valence-corrected chi connectivity index (χ4v) is 15.0. The van der Waals surface area contributed by atoms with Crippen LogP contribution >= 0.6 is 0 Å². The zero-order valence-electron chi connectivity index (χ0n) is 38.9. The topological polar surface area (TPSA) is 298 Å². The summed E-state index contributed by atoms with van der Waals surface area (Å²) in [7, 11) is 0. The highest BCUT2D eigenvalue weighted by molar-refractivity contribution is 5.35. The Morgan fingerprint density at radius 1 is 0.600 bits per heavy atom. The highest BCUT2D eigenvalue weighted by atomic mass is 16.8. The van der Waals surface area contributed by atoms with Gasteiger partial charge in [0.05, 0.1) is 44.7 Å². The Morgan fingerprint density at radius 2 is 1.22 bits per heavy atom. The second-order valence-corrected chi connectivity index (χ2v) is 23.3. The summed E-state index contributed by atoms with van der Waals surface area (Å²) in [6.07, 6.45) is -15.6. The van der Waals surface area contributed by atoms with Crippen molar-refractivity contribution in [3.63, 3.8) is 0 Å². The van der Waals surface area contributed by atoms with Crippen LogP contribution in [0.1, 0.15) is 99.8 Å². The van der Waals surface area contributed by atoms with Gasteiger partial charge in [-0.3, -0.25) is 0 Å². The first-order valence-electron chi connectivity index (χ1n) is 23.9. The standard InChI is InChI=1S/C47H78O18/c1-42(2)12-13-43(3)22(14-42)21-8-9-27-44(4)11-10-28(63-40-36(59)33(56)31(54)25(17-48)61-40)45(5,20-50)38(44)23(51)15-47(27,7)46(21,6)16-29(43)64-41-37(34(57)32(55)26(18-49)62-41)65-39-35(58)30(53)24(52)19-60-39/h8,22-41,48-59H,9-20H2,1-7H3. The molecule has 5 aliphatic carbocycles. The minimum absolute atomic E-state index is 0.0118. The van der Waals surface area contributed by atoms with E-state index in [9.17, 15) is 61.3 Å². The van der Waals surface area contributed by atoms with Crippen LogP contribution in [0, 0.1) is 50.2 Å². The molecule has 12 N–H and O–H groups in total. The van der Waals surface area contributed by atoms with Crippen molar-refractivity contribution in [2.45, 2.75) is 204 Å². The molecule has 3 saturated heterocycles. The molecule has 18 nitrogen and oxygen atoms in total. The van der Waals surface area contributed by atoms with Crippen molar-refractivity contribution < 1.29 is 89.7 Å². The lowest BCUT2D eigenvalue weighted by Gasteiger charge is -2.73. The van der Waals surface area contributed by atoms with E-state index in [4.69, 9.17) is 28.4 Å². The fraction of sp³-hybridized carbons (Fsp3) is 0.957. The maximum atomic E-state index is 12.7. The van der Waals surface area contributed by atoms with Crippen LogP contribution in [0.2, 0.25) is 0 Å².